The number of aliphatic hydroxyl groups is 1. The van der Waals surface area contributed by atoms with Gasteiger partial charge in [0.05, 0.1) is 11.2 Å². The fourth-order valence-corrected chi connectivity index (χ4v) is 2.25. The van der Waals surface area contributed by atoms with Crippen LogP contribution < -0.4 is 5.32 Å². The number of hydrogen-bond donors (Lipinski definition) is 2. The zero-order valence-electron chi connectivity index (χ0n) is 11.5. The van der Waals surface area contributed by atoms with Gasteiger partial charge in [-0.2, -0.15) is 0 Å². The molecule has 0 aliphatic carbocycles. The lowest BCUT2D eigenvalue weighted by atomic mass is 10.0. The molecule has 2 N–H and O–H groups in total. The lowest BCUT2D eigenvalue weighted by molar-refractivity contribution is 0.0243. The van der Waals surface area contributed by atoms with Gasteiger partial charge in [0, 0.05) is 31.2 Å². The van der Waals surface area contributed by atoms with Gasteiger partial charge in [-0.25, -0.2) is 0 Å². The lowest BCUT2D eigenvalue weighted by Crippen LogP contribution is -2.41. The third-order valence-corrected chi connectivity index (χ3v) is 3.50. The summed E-state index contributed by atoms with van der Waals surface area (Å²) in [5.74, 6) is -0.204. The van der Waals surface area contributed by atoms with Gasteiger partial charge in [-0.3, -0.25) is 4.79 Å². The van der Waals surface area contributed by atoms with Gasteiger partial charge >= 0.3 is 0 Å². The number of amides is 1. The first-order valence-electron chi connectivity index (χ1n) is 6.11. The molecular weight excluding hydrogens is 310 g/mol. The molecule has 0 radical (unpaired) electrons. The summed E-state index contributed by atoms with van der Waals surface area (Å²) in [5, 5.41) is 12.8. The van der Waals surface area contributed by atoms with Gasteiger partial charge in [-0.1, -0.05) is 6.07 Å². The van der Waals surface area contributed by atoms with E-state index < -0.39 is 5.60 Å². The van der Waals surface area contributed by atoms with E-state index >= 15 is 0 Å². The molecule has 1 aromatic rings. The Hall–Kier alpha value is -0.910. The van der Waals surface area contributed by atoms with E-state index in [0.29, 0.717) is 18.6 Å². The molecule has 5 heteroatoms. The summed E-state index contributed by atoms with van der Waals surface area (Å²) in [6.45, 7) is 4.28. The number of hydrogen-bond acceptors (Lipinski definition) is 3. The molecule has 0 aromatic heterocycles. The van der Waals surface area contributed by atoms with Crippen LogP contribution in [0.3, 0.4) is 0 Å². The smallest absolute Gasteiger partial charge is 0.252 e. The molecular formula is C14H20BrNO3. The van der Waals surface area contributed by atoms with Gasteiger partial charge in [-0.15, -0.1) is 0 Å². The van der Waals surface area contributed by atoms with E-state index in [1.54, 1.807) is 20.1 Å². The molecule has 1 amide bonds. The van der Waals surface area contributed by atoms with Crippen LogP contribution in [0.2, 0.25) is 0 Å². The molecule has 0 aliphatic heterocycles. The van der Waals surface area contributed by atoms with Crippen molar-refractivity contribution in [2.45, 2.75) is 25.9 Å². The van der Waals surface area contributed by atoms with Crippen molar-refractivity contribution in [2.75, 3.05) is 20.3 Å². The van der Waals surface area contributed by atoms with E-state index in [0.717, 1.165) is 10.0 Å². The Morgan fingerprint density at radius 2 is 2.21 bits per heavy atom. The molecule has 4 nitrogen and oxygen atoms in total. The van der Waals surface area contributed by atoms with Crippen LogP contribution in [-0.4, -0.2) is 36.9 Å². The standard InChI is InChI=1S/C14H20BrNO3/c1-10-4-5-11(12(15)8-10)13(17)16-9-14(2,18)6-7-19-3/h4-5,8,18H,6-7,9H2,1-3H3,(H,16,17). The summed E-state index contributed by atoms with van der Waals surface area (Å²) >= 11 is 3.37. The Labute approximate surface area is 122 Å². The van der Waals surface area contributed by atoms with Crippen LogP contribution in [0.4, 0.5) is 0 Å². The first kappa shape index (κ1) is 16.1. The maximum Gasteiger partial charge on any atom is 0.252 e. The number of rotatable bonds is 6. The van der Waals surface area contributed by atoms with Gasteiger partial charge in [-0.05, 0) is 47.5 Å². The second-order valence-corrected chi connectivity index (χ2v) is 5.76. The molecule has 1 rings (SSSR count). The van der Waals surface area contributed by atoms with Crippen LogP contribution in [0, 0.1) is 6.92 Å². The number of aryl methyl sites for hydroxylation is 1. The number of carbonyl (C=O) groups is 1. The summed E-state index contributed by atoms with van der Waals surface area (Å²) in [7, 11) is 1.58. The SMILES string of the molecule is COCCC(C)(O)CNC(=O)c1ccc(C)cc1Br. The van der Waals surface area contributed by atoms with E-state index in [1.165, 1.54) is 0 Å². The zero-order valence-corrected chi connectivity index (χ0v) is 13.1. The molecule has 0 bridgehead atoms. The van der Waals surface area contributed by atoms with E-state index in [4.69, 9.17) is 4.74 Å². The Morgan fingerprint density at radius 1 is 1.53 bits per heavy atom. The van der Waals surface area contributed by atoms with E-state index in [2.05, 4.69) is 21.2 Å². The first-order valence-corrected chi connectivity index (χ1v) is 6.91. The highest BCUT2D eigenvalue weighted by Crippen LogP contribution is 2.18. The largest absolute Gasteiger partial charge is 0.388 e. The number of halogens is 1. The fraction of sp³-hybridized carbons (Fsp3) is 0.500. The van der Waals surface area contributed by atoms with E-state index in [1.807, 2.05) is 19.1 Å². The van der Waals surface area contributed by atoms with Crippen molar-refractivity contribution in [3.8, 4) is 0 Å². The number of methoxy groups -OCH3 is 1. The summed E-state index contributed by atoms with van der Waals surface area (Å²) < 4.78 is 5.67. The molecule has 1 atom stereocenters. The van der Waals surface area contributed by atoms with Crippen LogP contribution in [0.15, 0.2) is 22.7 Å². The molecule has 0 saturated heterocycles. The topological polar surface area (TPSA) is 58.6 Å². The summed E-state index contributed by atoms with van der Waals surface area (Å²) in [4.78, 5) is 12.0. The predicted octanol–water partition coefficient (Wildman–Crippen LogP) is 2.27. The lowest BCUT2D eigenvalue weighted by Gasteiger charge is -2.23. The van der Waals surface area contributed by atoms with Crippen LogP contribution in [0.1, 0.15) is 29.3 Å². The fourth-order valence-electron chi connectivity index (χ4n) is 1.58. The van der Waals surface area contributed by atoms with Crippen LogP contribution in [-0.2, 0) is 4.74 Å². The highest BCUT2D eigenvalue weighted by molar-refractivity contribution is 9.10. The van der Waals surface area contributed by atoms with Gasteiger partial charge in [0.1, 0.15) is 0 Å². The van der Waals surface area contributed by atoms with Crippen molar-refractivity contribution in [3.05, 3.63) is 33.8 Å². The normalized spacial score (nSPS) is 13.9. The maximum absolute atomic E-state index is 12.0. The maximum atomic E-state index is 12.0. The molecule has 0 spiro atoms. The molecule has 19 heavy (non-hydrogen) atoms. The van der Waals surface area contributed by atoms with Crippen LogP contribution >= 0.6 is 15.9 Å². The van der Waals surface area contributed by atoms with Crippen LogP contribution in [0.25, 0.3) is 0 Å². The van der Waals surface area contributed by atoms with Crippen molar-refractivity contribution in [2.24, 2.45) is 0 Å². The van der Waals surface area contributed by atoms with Crippen molar-refractivity contribution in [1.29, 1.82) is 0 Å². The summed E-state index contributed by atoms with van der Waals surface area (Å²) in [5.41, 5.74) is 0.673. The minimum Gasteiger partial charge on any atom is -0.388 e. The Balaban J connectivity index is 2.60. The average molecular weight is 330 g/mol. The number of nitrogens with one attached hydrogen (secondary N) is 1. The van der Waals surface area contributed by atoms with Crippen molar-refractivity contribution >= 4 is 21.8 Å². The monoisotopic (exact) mass is 329 g/mol. The third-order valence-electron chi connectivity index (χ3n) is 2.84. The first-order chi connectivity index (χ1) is 8.85. The minimum absolute atomic E-state index is 0.190. The van der Waals surface area contributed by atoms with E-state index in [-0.39, 0.29) is 12.5 Å². The molecule has 1 aromatic carbocycles. The highest BCUT2D eigenvalue weighted by atomic mass is 79.9. The van der Waals surface area contributed by atoms with Gasteiger partial charge in [0.15, 0.2) is 0 Å². The molecule has 0 heterocycles. The van der Waals surface area contributed by atoms with Crippen molar-refractivity contribution in [1.82, 2.24) is 5.32 Å². The molecule has 0 saturated carbocycles. The Kier molecular flexibility index (Phi) is 5.97. The highest BCUT2D eigenvalue weighted by Gasteiger charge is 2.21. The number of benzene rings is 1. The van der Waals surface area contributed by atoms with Crippen molar-refractivity contribution in [3.63, 3.8) is 0 Å². The van der Waals surface area contributed by atoms with E-state index in [9.17, 15) is 9.90 Å². The van der Waals surface area contributed by atoms with Crippen LogP contribution in [0.5, 0.6) is 0 Å². The summed E-state index contributed by atoms with van der Waals surface area (Å²) in [6.07, 6.45) is 0.471. The molecule has 0 fully saturated rings. The molecule has 1 unspecified atom stereocenters. The van der Waals surface area contributed by atoms with Gasteiger partial charge in [0.2, 0.25) is 0 Å². The Bertz CT molecular complexity index is 446. The predicted molar refractivity (Wildman–Crippen MR) is 78.3 cm³/mol. The second-order valence-electron chi connectivity index (χ2n) is 4.91. The molecule has 0 aliphatic rings. The quantitative estimate of drug-likeness (QED) is 0.841. The minimum atomic E-state index is -0.969. The van der Waals surface area contributed by atoms with Crippen molar-refractivity contribution < 1.29 is 14.6 Å². The number of carbonyl (C=O) groups excluding carboxylic acids is 1. The van der Waals surface area contributed by atoms with Gasteiger partial charge in [0.25, 0.3) is 5.91 Å². The second kappa shape index (κ2) is 7.03. The average Bonchev–Trinajstić information content (AvgIpc) is 2.34. The third kappa shape index (κ3) is 5.30. The van der Waals surface area contributed by atoms with Gasteiger partial charge < -0.3 is 15.2 Å². The molecule has 106 valence electrons. The Morgan fingerprint density at radius 3 is 2.79 bits per heavy atom. The summed E-state index contributed by atoms with van der Waals surface area (Å²) in [6, 6.07) is 5.53. The number of ether oxygens (including phenoxy) is 1. The zero-order chi connectivity index (χ0) is 14.5.